The molecule has 0 amide bonds. The predicted octanol–water partition coefficient (Wildman–Crippen LogP) is 3.86. The molecule has 0 spiro atoms. The maximum atomic E-state index is 11.6. The number of Topliss-reactive ketones (excluding diaryl/α,β-unsaturated/α-hetero) is 1. The molecule has 3 nitrogen and oxygen atoms in total. The van der Waals surface area contributed by atoms with E-state index in [1.54, 1.807) is 0 Å². The van der Waals surface area contributed by atoms with Gasteiger partial charge in [0.05, 0.1) is 12.0 Å². The Morgan fingerprint density at radius 1 is 1.08 bits per heavy atom. The summed E-state index contributed by atoms with van der Waals surface area (Å²) in [4.78, 5) is 11.6. The van der Waals surface area contributed by atoms with Gasteiger partial charge in [0.2, 0.25) is 0 Å². The van der Waals surface area contributed by atoms with Crippen molar-refractivity contribution in [2.24, 2.45) is 17.8 Å². The van der Waals surface area contributed by atoms with Crippen LogP contribution in [0.2, 0.25) is 0 Å². The second kappa shape index (κ2) is 10.2. The molecule has 0 bridgehead atoms. The van der Waals surface area contributed by atoms with Crippen molar-refractivity contribution in [1.29, 1.82) is 0 Å². The Balaban J connectivity index is 1.61. The Hall–Kier alpha value is -0.850. The van der Waals surface area contributed by atoms with Gasteiger partial charge in [0, 0.05) is 12.3 Å². The minimum Gasteiger partial charge on any atom is -0.392 e. The van der Waals surface area contributed by atoms with Gasteiger partial charge < -0.3 is 10.2 Å². The standard InChI is InChI=1S/C21H34O3/c1-2-3-4-5-6-7-8-9-10-16(22)11-12-17-19-15-21(24)18(19)13-14-20(17)23/h16-20,22-23H,2-10,13-15H2,1H3/t16-,17+,18-,19+,20-/m0/s1. The summed E-state index contributed by atoms with van der Waals surface area (Å²) in [7, 11) is 0. The summed E-state index contributed by atoms with van der Waals surface area (Å²) in [6.07, 6.45) is 11.8. The number of hydrogen-bond donors (Lipinski definition) is 2. The van der Waals surface area contributed by atoms with Gasteiger partial charge in [-0.3, -0.25) is 4.79 Å². The maximum absolute atomic E-state index is 11.6. The number of ketones is 1. The summed E-state index contributed by atoms with van der Waals surface area (Å²) in [6, 6.07) is 0. The molecule has 0 aromatic carbocycles. The van der Waals surface area contributed by atoms with E-state index in [9.17, 15) is 15.0 Å². The lowest BCUT2D eigenvalue weighted by Gasteiger charge is -2.44. The Morgan fingerprint density at radius 3 is 2.42 bits per heavy atom. The summed E-state index contributed by atoms with van der Waals surface area (Å²) in [5.74, 6) is 6.60. The third kappa shape index (κ3) is 5.60. The van der Waals surface area contributed by atoms with E-state index >= 15 is 0 Å². The van der Waals surface area contributed by atoms with Crippen LogP contribution in [0, 0.1) is 29.6 Å². The van der Waals surface area contributed by atoms with E-state index in [0.717, 1.165) is 25.7 Å². The lowest BCUT2D eigenvalue weighted by atomic mass is 9.59. The van der Waals surface area contributed by atoms with E-state index in [4.69, 9.17) is 0 Å². The molecule has 24 heavy (non-hydrogen) atoms. The molecule has 0 unspecified atom stereocenters. The van der Waals surface area contributed by atoms with Gasteiger partial charge in [0.1, 0.15) is 11.9 Å². The summed E-state index contributed by atoms with van der Waals surface area (Å²) in [5.41, 5.74) is 0. The van der Waals surface area contributed by atoms with Gasteiger partial charge in [0.15, 0.2) is 0 Å². The van der Waals surface area contributed by atoms with E-state index in [1.807, 2.05) is 0 Å². The normalized spacial score (nSPS) is 30.0. The van der Waals surface area contributed by atoms with E-state index < -0.39 is 12.2 Å². The maximum Gasteiger partial charge on any atom is 0.136 e. The molecule has 2 rings (SSSR count). The van der Waals surface area contributed by atoms with Crippen LogP contribution in [0.5, 0.6) is 0 Å². The van der Waals surface area contributed by atoms with Crippen LogP contribution in [0.3, 0.4) is 0 Å². The molecule has 2 aliphatic carbocycles. The van der Waals surface area contributed by atoms with Crippen molar-refractivity contribution in [2.75, 3.05) is 0 Å². The molecule has 2 fully saturated rings. The fraction of sp³-hybridized carbons (Fsp3) is 0.857. The van der Waals surface area contributed by atoms with E-state index in [2.05, 4.69) is 18.8 Å². The van der Waals surface area contributed by atoms with Crippen molar-refractivity contribution in [1.82, 2.24) is 0 Å². The highest BCUT2D eigenvalue weighted by Gasteiger charge is 2.48. The van der Waals surface area contributed by atoms with E-state index in [0.29, 0.717) is 18.6 Å². The van der Waals surface area contributed by atoms with Gasteiger partial charge in [-0.05, 0) is 31.6 Å². The molecule has 3 heteroatoms. The second-order valence-corrected chi connectivity index (χ2v) is 7.68. The third-order valence-electron chi connectivity index (χ3n) is 5.76. The van der Waals surface area contributed by atoms with Crippen molar-refractivity contribution >= 4 is 5.78 Å². The minimum absolute atomic E-state index is 0.116. The number of aliphatic hydroxyl groups is 2. The van der Waals surface area contributed by atoms with Crippen LogP contribution < -0.4 is 0 Å². The smallest absolute Gasteiger partial charge is 0.136 e. The number of carbonyl (C=O) groups is 1. The Bertz CT molecular complexity index is 448. The number of carbonyl (C=O) groups excluding carboxylic acids is 1. The topological polar surface area (TPSA) is 57.5 Å². The SMILES string of the molecule is CCCCCCCCCC[C@H](O)C#C[C@@H]1[C@H]2CC(=O)[C@H]2CC[C@@H]1O. The fourth-order valence-electron chi connectivity index (χ4n) is 4.11. The molecule has 0 heterocycles. The Labute approximate surface area is 147 Å². The summed E-state index contributed by atoms with van der Waals surface area (Å²) < 4.78 is 0. The van der Waals surface area contributed by atoms with Crippen molar-refractivity contribution in [3.8, 4) is 11.8 Å². The minimum atomic E-state index is -0.589. The summed E-state index contributed by atoms with van der Waals surface area (Å²) in [6.45, 7) is 2.23. The average Bonchev–Trinajstić information content (AvgIpc) is 2.56. The van der Waals surface area contributed by atoms with Crippen LogP contribution in [-0.4, -0.2) is 28.2 Å². The van der Waals surface area contributed by atoms with Gasteiger partial charge in [-0.15, -0.1) is 0 Å². The summed E-state index contributed by atoms with van der Waals surface area (Å²) >= 11 is 0. The van der Waals surface area contributed by atoms with Crippen LogP contribution in [-0.2, 0) is 4.79 Å². The predicted molar refractivity (Wildman–Crippen MR) is 96.3 cm³/mol. The number of rotatable bonds is 9. The molecule has 0 aliphatic heterocycles. The van der Waals surface area contributed by atoms with Gasteiger partial charge in [-0.2, -0.15) is 0 Å². The molecule has 5 atom stereocenters. The van der Waals surface area contributed by atoms with Crippen molar-refractivity contribution in [2.45, 2.75) is 96.2 Å². The van der Waals surface area contributed by atoms with Gasteiger partial charge in [-0.1, -0.05) is 63.7 Å². The average molecular weight is 335 g/mol. The molecule has 2 N–H and O–H groups in total. The Morgan fingerprint density at radius 2 is 1.75 bits per heavy atom. The van der Waals surface area contributed by atoms with Crippen LogP contribution >= 0.6 is 0 Å². The zero-order valence-corrected chi connectivity index (χ0v) is 15.2. The number of unbranched alkanes of at least 4 members (excludes halogenated alkanes) is 7. The molecule has 0 aromatic heterocycles. The lowest BCUT2D eigenvalue weighted by Crippen LogP contribution is -2.49. The van der Waals surface area contributed by atoms with Crippen LogP contribution in [0.15, 0.2) is 0 Å². The fourth-order valence-corrected chi connectivity index (χ4v) is 4.11. The van der Waals surface area contributed by atoms with Crippen LogP contribution in [0.1, 0.15) is 84.0 Å². The first-order valence-corrected chi connectivity index (χ1v) is 10.0. The monoisotopic (exact) mass is 334 g/mol. The highest BCUT2D eigenvalue weighted by Crippen LogP contribution is 2.45. The second-order valence-electron chi connectivity index (χ2n) is 7.68. The van der Waals surface area contributed by atoms with Gasteiger partial charge in [-0.25, -0.2) is 0 Å². The third-order valence-corrected chi connectivity index (χ3v) is 5.76. The summed E-state index contributed by atoms with van der Waals surface area (Å²) in [5, 5.41) is 20.2. The van der Waals surface area contributed by atoms with Crippen LogP contribution in [0.4, 0.5) is 0 Å². The molecular formula is C21H34O3. The van der Waals surface area contributed by atoms with Crippen LogP contribution in [0.25, 0.3) is 0 Å². The number of aliphatic hydroxyl groups excluding tert-OH is 2. The Kier molecular flexibility index (Phi) is 8.29. The van der Waals surface area contributed by atoms with Gasteiger partial charge >= 0.3 is 0 Å². The van der Waals surface area contributed by atoms with Crippen molar-refractivity contribution in [3.63, 3.8) is 0 Å². The highest BCUT2D eigenvalue weighted by molar-refractivity contribution is 5.87. The lowest BCUT2D eigenvalue weighted by molar-refractivity contribution is -0.141. The van der Waals surface area contributed by atoms with Crippen molar-refractivity contribution < 1.29 is 15.0 Å². The van der Waals surface area contributed by atoms with Gasteiger partial charge in [0.25, 0.3) is 0 Å². The largest absolute Gasteiger partial charge is 0.392 e. The number of fused-ring (bicyclic) bond motifs is 1. The zero-order valence-electron chi connectivity index (χ0n) is 15.2. The molecule has 0 saturated heterocycles. The molecular weight excluding hydrogens is 300 g/mol. The highest BCUT2D eigenvalue weighted by atomic mass is 16.3. The number of hydrogen-bond acceptors (Lipinski definition) is 3. The molecule has 136 valence electrons. The van der Waals surface area contributed by atoms with Crippen molar-refractivity contribution in [3.05, 3.63) is 0 Å². The molecule has 2 saturated carbocycles. The molecule has 0 aromatic rings. The molecule has 0 radical (unpaired) electrons. The first-order valence-electron chi connectivity index (χ1n) is 10.0. The zero-order chi connectivity index (χ0) is 17.4. The first kappa shape index (κ1) is 19.5. The van der Waals surface area contributed by atoms with E-state index in [1.165, 1.54) is 38.5 Å². The van der Waals surface area contributed by atoms with E-state index in [-0.39, 0.29) is 17.8 Å². The quantitative estimate of drug-likeness (QED) is 0.497. The molecule has 2 aliphatic rings. The first-order chi connectivity index (χ1) is 11.6.